The van der Waals surface area contributed by atoms with Gasteiger partial charge in [0.25, 0.3) is 0 Å². The molecule has 100 valence electrons. The summed E-state index contributed by atoms with van der Waals surface area (Å²) in [6.07, 6.45) is 3.67. The molecule has 1 aromatic carbocycles. The average molecular weight is 259 g/mol. The van der Waals surface area contributed by atoms with E-state index < -0.39 is 11.9 Å². The van der Waals surface area contributed by atoms with Crippen LogP contribution < -0.4 is 0 Å². The minimum absolute atomic E-state index is 0.220. The number of esters is 2. The number of aromatic amines is 1. The number of aromatic nitrogens is 1. The summed E-state index contributed by atoms with van der Waals surface area (Å²) in [5.41, 5.74) is 2.11. The standard InChI is InChI=1S/C15H17NO3/c1-2-5-14(17)19-15(18)9-8-11-10-16-13-7-4-3-6-12(11)13/h3-4,6-7,10,16H,2,5,8-9H2,1H3. The average Bonchev–Trinajstić information content (AvgIpc) is 2.80. The number of ether oxygens (including phenoxy) is 1. The van der Waals surface area contributed by atoms with Crippen LogP contribution in [0.5, 0.6) is 0 Å². The Morgan fingerprint density at radius 1 is 1.16 bits per heavy atom. The summed E-state index contributed by atoms with van der Waals surface area (Å²) in [7, 11) is 0. The Bertz CT molecular complexity index is 586. The molecule has 0 aliphatic rings. The van der Waals surface area contributed by atoms with Crippen LogP contribution in [-0.4, -0.2) is 16.9 Å². The quantitative estimate of drug-likeness (QED) is 0.663. The monoisotopic (exact) mass is 259 g/mol. The molecule has 19 heavy (non-hydrogen) atoms. The highest BCUT2D eigenvalue weighted by Crippen LogP contribution is 2.19. The maximum atomic E-state index is 11.5. The number of nitrogens with one attached hydrogen (secondary N) is 1. The first-order valence-electron chi connectivity index (χ1n) is 6.49. The molecule has 1 heterocycles. The lowest BCUT2D eigenvalue weighted by Gasteiger charge is -2.01. The van der Waals surface area contributed by atoms with Crippen LogP contribution in [0.2, 0.25) is 0 Å². The summed E-state index contributed by atoms with van der Waals surface area (Å²) < 4.78 is 4.71. The first-order chi connectivity index (χ1) is 9.20. The number of aryl methyl sites for hydroxylation is 1. The Labute approximate surface area is 111 Å². The predicted octanol–water partition coefficient (Wildman–Crippen LogP) is 2.97. The van der Waals surface area contributed by atoms with Gasteiger partial charge < -0.3 is 9.72 Å². The van der Waals surface area contributed by atoms with Crippen molar-refractivity contribution in [2.75, 3.05) is 0 Å². The number of carbonyl (C=O) groups is 2. The van der Waals surface area contributed by atoms with Gasteiger partial charge in [0.2, 0.25) is 0 Å². The van der Waals surface area contributed by atoms with Gasteiger partial charge in [0.15, 0.2) is 0 Å². The molecule has 0 amide bonds. The number of carbonyl (C=O) groups excluding carboxylic acids is 2. The SMILES string of the molecule is CCCC(=O)OC(=O)CCc1c[nH]c2ccccc12. The van der Waals surface area contributed by atoms with Crippen molar-refractivity contribution >= 4 is 22.8 Å². The highest BCUT2D eigenvalue weighted by Gasteiger charge is 2.11. The normalized spacial score (nSPS) is 10.6. The summed E-state index contributed by atoms with van der Waals surface area (Å²) in [5.74, 6) is -0.893. The molecule has 0 saturated heterocycles. The molecular weight excluding hydrogens is 242 g/mol. The van der Waals surface area contributed by atoms with E-state index in [-0.39, 0.29) is 6.42 Å². The zero-order valence-corrected chi connectivity index (χ0v) is 10.9. The molecule has 0 fully saturated rings. The van der Waals surface area contributed by atoms with Gasteiger partial charge in [-0.05, 0) is 24.5 Å². The third kappa shape index (κ3) is 3.44. The molecule has 0 aliphatic heterocycles. The molecule has 1 aromatic heterocycles. The van der Waals surface area contributed by atoms with Crippen LogP contribution in [0, 0.1) is 0 Å². The van der Waals surface area contributed by atoms with Gasteiger partial charge in [0, 0.05) is 23.5 Å². The van der Waals surface area contributed by atoms with Crippen LogP contribution in [-0.2, 0) is 20.7 Å². The van der Waals surface area contributed by atoms with Gasteiger partial charge in [-0.15, -0.1) is 0 Å². The minimum atomic E-state index is -0.455. The molecule has 2 rings (SSSR count). The fourth-order valence-corrected chi connectivity index (χ4v) is 2.01. The molecule has 2 aromatic rings. The Morgan fingerprint density at radius 3 is 2.68 bits per heavy atom. The third-order valence-corrected chi connectivity index (χ3v) is 2.96. The number of H-pyrrole nitrogens is 1. The maximum absolute atomic E-state index is 11.5. The van der Waals surface area contributed by atoms with E-state index >= 15 is 0 Å². The van der Waals surface area contributed by atoms with Crippen molar-refractivity contribution in [2.45, 2.75) is 32.6 Å². The first-order valence-corrected chi connectivity index (χ1v) is 6.49. The van der Waals surface area contributed by atoms with E-state index in [2.05, 4.69) is 4.98 Å². The van der Waals surface area contributed by atoms with Crippen molar-refractivity contribution in [3.05, 3.63) is 36.0 Å². The van der Waals surface area contributed by atoms with Crippen LogP contribution in [0.15, 0.2) is 30.5 Å². The molecule has 0 saturated carbocycles. The van der Waals surface area contributed by atoms with Crippen molar-refractivity contribution in [3.63, 3.8) is 0 Å². The topological polar surface area (TPSA) is 59.2 Å². The van der Waals surface area contributed by atoms with E-state index in [4.69, 9.17) is 4.74 Å². The second kappa shape index (κ2) is 6.18. The predicted molar refractivity (Wildman–Crippen MR) is 72.6 cm³/mol. The van der Waals surface area contributed by atoms with E-state index in [1.807, 2.05) is 37.4 Å². The summed E-state index contributed by atoms with van der Waals surface area (Å²) in [5, 5.41) is 1.11. The molecule has 0 spiro atoms. The van der Waals surface area contributed by atoms with E-state index in [0.717, 1.165) is 16.5 Å². The molecule has 0 bridgehead atoms. The Morgan fingerprint density at radius 2 is 1.89 bits per heavy atom. The largest absolute Gasteiger partial charge is 0.393 e. The zero-order chi connectivity index (χ0) is 13.7. The maximum Gasteiger partial charge on any atom is 0.313 e. The van der Waals surface area contributed by atoms with Crippen molar-refractivity contribution in [3.8, 4) is 0 Å². The van der Waals surface area contributed by atoms with Gasteiger partial charge >= 0.3 is 11.9 Å². The van der Waals surface area contributed by atoms with Crippen molar-refractivity contribution in [1.82, 2.24) is 4.98 Å². The molecule has 0 unspecified atom stereocenters. The van der Waals surface area contributed by atoms with E-state index in [1.54, 1.807) is 0 Å². The minimum Gasteiger partial charge on any atom is -0.393 e. The van der Waals surface area contributed by atoms with Gasteiger partial charge in [-0.25, -0.2) is 0 Å². The van der Waals surface area contributed by atoms with Crippen LogP contribution >= 0.6 is 0 Å². The van der Waals surface area contributed by atoms with E-state index in [1.165, 1.54) is 0 Å². The number of rotatable bonds is 5. The molecular formula is C15H17NO3. The molecule has 1 N–H and O–H groups in total. The number of para-hydroxylation sites is 1. The van der Waals surface area contributed by atoms with Crippen LogP contribution in [0.25, 0.3) is 10.9 Å². The van der Waals surface area contributed by atoms with E-state index in [0.29, 0.717) is 19.3 Å². The van der Waals surface area contributed by atoms with Crippen molar-refractivity contribution in [2.24, 2.45) is 0 Å². The second-order valence-corrected chi connectivity index (χ2v) is 4.46. The number of hydrogen-bond acceptors (Lipinski definition) is 3. The number of fused-ring (bicyclic) bond motifs is 1. The lowest BCUT2D eigenvalue weighted by atomic mass is 10.1. The van der Waals surface area contributed by atoms with Gasteiger partial charge in [-0.2, -0.15) is 0 Å². The summed E-state index contributed by atoms with van der Waals surface area (Å²) in [6, 6.07) is 7.92. The smallest absolute Gasteiger partial charge is 0.313 e. The van der Waals surface area contributed by atoms with Crippen LogP contribution in [0.3, 0.4) is 0 Å². The lowest BCUT2D eigenvalue weighted by Crippen LogP contribution is -2.12. The fraction of sp³-hybridized carbons (Fsp3) is 0.333. The van der Waals surface area contributed by atoms with Gasteiger partial charge in [0.1, 0.15) is 0 Å². The Balaban J connectivity index is 1.92. The van der Waals surface area contributed by atoms with E-state index in [9.17, 15) is 9.59 Å². The highest BCUT2D eigenvalue weighted by molar-refractivity contribution is 5.86. The van der Waals surface area contributed by atoms with Crippen molar-refractivity contribution in [1.29, 1.82) is 0 Å². The summed E-state index contributed by atoms with van der Waals surface area (Å²) in [6.45, 7) is 1.87. The van der Waals surface area contributed by atoms with Gasteiger partial charge in [0.05, 0.1) is 6.42 Å². The summed E-state index contributed by atoms with van der Waals surface area (Å²) in [4.78, 5) is 25.8. The molecule has 0 radical (unpaired) electrons. The Hall–Kier alpha value is -2.10. The van der Waals surface area contributed by atoms with Crippen molar-refractivity contribution < 1.29 is 14.3 Å². The lowest BCUT2D eigenvalue weighted by molar-refractivity contribution is -0.159. The zero-order valence-electron chi connectivity index (χ0n) is 10.9. The highest BCUT2D eigenvalue weighted by atomic mass is 16.6. The van der Waals surface area contributed by atoms with Gasteiger partial charge in [-0.1, -0.05) is 25.1 Å². The second-order valence-electron chi connectivity index (χ2n) is 4.46. The number of hydrogen-bond donors (Lipinski definition) is 1. The molecule has 0 aliphatic carbocycles. The first kappa shape index (κ1) is 13.3. The van der Waals surface area contributed by atoms with Crippen LogP contribution in [0.4, 0.5) is 0 Å². The fourth-order valence-electron chi connectivity index (χ4n) is 2.01. The molecule has 4 nitrogen and oxygen atoms in total. The Kier molecular flexibility index (Phi) is 4.34. The number of benzene rings is 1. The molecule has 4 heteroatoms. The van der Waals surface area contributed by atoms with Crippen LogP contribution in [0.1, 0.15) is 31.7 Å². The summed E-state index contributed by atoms with van der Waals surface area (Å²) >= 11 is 0. The third-order valence-electron chi connectivity index (χ3n) is 2.96. The molecule has 0 atom stereocenters. The van der Waals surface area contributed by atoms with Gasteiger partial charge in [-0.3, -0.25) is 9.59 Å².